The first-order valence-corrected chi connectivity index (χ1v) is 5.26. The number of ketones is 1. The third-order valence-corrected chi connectivity index (χ3v) is 2.39. The summed E-state index contributed by atoms with van der Waals surface area (Å²) in [5.41, 5.74) is 0.109. The van der Waals surface area contributed by atoms with Gasteiger partial charge in [-0.25, -0.2) is 4.39 Å². The van der Waals surface area contributed by atoms with Gasteiger partial charge in [-0.15, -0.1) is 0 Å². The predicted molar refractivity (Wildman–Crippen MR) is 60.6 cm³/mol. The minimum absolute atomic E-state index is 0.0657. The van der Waals surface area contributed by atoms with Crippen LogP contribution in [0.3, 0.4) is 0 Å². The van der Waals surface area contributed by atoms with Crippen molar-refractivity contribution in [3.05, 3.63) is 35.6 Å². The highest BCUT2D eigenvalue weighted by molar-refractivity contribution is 5.85. The molecule has 0 fully saturated rings. The van der Waals surface area contributed by atoms with Crippen molar-refractivity contribution in [3.63, 3.8) is 0 Å². The van der Waals surface area contributed by atoms with Crippen LogP contribution in [0.1, 0.15) is 26.3 Å². The van der Waals surface area contributed by atoms with E-state index in [1.807, 2.05) is 0 Å². The number of halogens is 1. The van der Waals surface area contributed by atoms with Gasteiger partial charge in [-0.2, -0.15) is 0 Å². The van der Waals surface area contributed by atoms with E-state index in [1.165, 1.54) is 12.1 Å². The largest absolute Gasteiger partial charge is 0.385 e. The molecule has 0 aliphatic rings. The second-order valence-corrected chi connectivity index (χ2v) is 5.04. The zero-order valence-electron chi connectivity index (χ0n) is 9.83. The van der Waals surface area contributed by atoms with Crippen molar-refractivity contribution in [2.75, 3.05) is 0 Å². The van der Waals surface area contributed by atoms with Gasteiger partial charge in [-0.3, -0.25) is 4.79 Å². The fourth-order valence-corrected chi connectivity index (χ4v) is 1.43. The van der Waals surface area contributed by atoms with E-state index in [0.717, 1.165) is 0 Å². The van der Waals surface area contributed by atoms with Gasteiger partial charge in [0, 0.05) is 6.42 Å². The molecule has 0 aromatic heterocycles. The number of aliphatic hydroxyl groups is 1. The van der Waals surface area contributed by atoms with Gasteiger partial charge in [0.2, 0.25) is 0 Å². The number of hydrogen-bond acceptors (Lipinski definition) is 2. The number of hydrogen-bond donors (Lipinski definition) is 1. The van der Waals surface area contributed by atoms with E-state index in [1.54, 1.807) is 32.9 Å². The summed E-state index contributed by atoms with van der Waals surface area (Å²) in [5, 5.41) is 9.74. The Hall–Kier alpha value is -1.22. The molecule has 0 heterocycles. The molecular weight excluding hydrogens is 207 g/mol. The summed E-state index contributed by atoms with van der Waals surface area (Å²) >= 11 is 0. The van der Waals surface area contributed by atoms with Crippen molar-refractivity contribution in [1.82, 2.24) is 0 Å². The molecule has 0 radical (unpaired) electrons. The lowest BCUT2D eigenvalue weighted by Gasteiger charge is -2.24. The smallest absolute Gasteiger partial charge is 0.166 e. The summed E-state index contributed by atoms with van der Waals surface area (Å²) < 4.78 is 12.9. The molecule has 0 aliphatic carbocycles. The van der Waals surface area contributed by atoms with Crippen LogP contribution >= 0.6 is 0 Å². The minimum atomic E-state index is -1.02. The molecule has 1 atom stereocenters. The van der Waals surface area contributed by atoms with Crippen LogP contribution in [0.25, 0.3) is 0 Å². The lowest BCUT2D eigenvalue weighted by atomic mass is 9.85. The zero-order valence-corrected chi connectivity index (χ0v) is 9.83. The third-order valence-electron chi connectivity index (χ3n) is 2.39. The molecule has 1 N–H and O–H groups in total. The Morgan fingerprint density at radius 1 is 1.44 bits per heavy atom. The summed E-state index contributed by atoms with van der Waals surface area (Å²) in [6.45, 7) is 5.38. The van der Waals surface area contributed by atoms with E-state index in [-0.39, 0.29) is 18.0 Å². The van der Waals surface area contributed by atoms with Gasteiger partial charge in [0.05, 0.1) is 0 Å². The lowest BCUT2D eigenvalue weighted by molar-refractivity contribution is -0.131. The highest BCUT2D eigenvalue weighted by atomic mass is 19.1. The number of aliphatic hydroxyl groups excluding tert-OH is 1. The monoisotopic (exact) mass is 224 g/mol. The Morgan fingerprint density at radius 3 is 2.56 bits per heavy atom. The van der Waals surface area contributed by atoms with Crippen LogP contribution < -0.4 is 0 Å². The fraction of sp³-hybridized carbons (Fsp3) is 0.462. The van der Waals surface area contributed by atoms with Crippen molar-refractivity contribution >= 4 is 5.78 Å². The van der Waals surface area contributed by atoms with Crippen LogP contribution in [0.15, 0.2) is 24.3 Å². The Labute approximate surface area is 95.1 Å². The highest BCUT2D eigenvalue weighted by Crippen LogP contribution is 2.21. The van der Waals surface area contributed by atoms with Gasteiger partial charge in [-0.1, -0.05) is 32.9 Å². The van der Waals surface area contributed by atoms with E-state index in [2.05, 4.69) is 0 Å². The predicted octanol–water partition coefficient (Wildman–Crippen LogP) is 2.34. The van der Waals surface area contributed by atoms with E-state index in [0.29, 0.717) is 5.56 Å². The molecular formula is C13H17FO2. The van der Waals surface area contributed by atoms with E-state index in [9.17, 15) is 14.3 Å². The van der Waals surface area contributed by atoms with E-state index in [4.69, 9.17) is 0 Å². The first-order valence-electron chi connectivity index (χ1n) is 5.26. The molecule has 1 unspecified atom stereocenters. The Morgan fingerprint density at radius 2 is 2.06 bits per heavy atom. The molecule has 0 saturated carbocycles. The summed E-state index contributed by atoms with van der Waals surface area (Å²) in [4.78, 5) is 11.7. The number of rotatable bonds is 3. The van der Waals surface area contributed by atoms with Crippen LogP contribution in [0.4, 0.5) is 4.39 Å². The molecule has 0 bridgehead atoms. The average molecular weight is 224 g/mol. The number of benzene rings is 1. The molecule has 0 aliphatic heterocycles. The molecule has 0 spiro atoms. The van der Waals surface area contributed by atoms with Gasteiger partial charge in [0.1, 0.15) is 11.9 Å². The lowest BCUT2D eigenvalue weighted by Crippen LogP contribution is -2.35. The summed E-state index contributed by atoms with van der Waals surface area (Å²) in [7, 11) is 0. The number of carbonyl (C=O) groups is 1. The van der Waals surface area contributed by atoms with E-state index >= 15 is 0 Å². The van der Waals surface area contributed by atoms with Crippen LogP contribution in [0.5, 0.6) is 0 Å². The standard InChI is InChI=1S/C13H17FO2/c1-13(2,3)12(16)11(15)8-9-5-4-6-10(14)7-9/h4-7,12,16H,8H2,1-3H3. The molecule has 0 saturated heterocycles. The van der Waals surface area contributed by atoms with Crippen LogP contribution in [0, 0.1) is 11.2 Å². The zero-order chi connectivity index (χ0) is 12.3. The maximum absolute atomic E-state index is 12.9. The number of carbonyl (C=O) groups excluding carboxylic acids is 1. The van der Waals surface area contributed by atoms with Gasteiger partial charge in [0.25, 0.3) is 0 Å². The van der Waals surface area contributed by atoms with Gasteiger partial charge < -0.3 is 5.11 Å². The second-order valence-electron chi connectivity index (χ2n) is 5.04. The van der Waals surface area contributed by atoms with Crippen molar-refractivity contribution in [3.8, 4) is 0 Å². The van der Waals surface area contributed by atoms with Crippen molar-refractivity contribution < 1.29 is 14.3 Å². The van der Waals surface area contributed by atoms with Crippen LogP contribution in [-0.4, -0.2) is 17.0 Å². The van der Waals surface area contributed by atoms with Crippen molar-refractivity contribution in [1.29, 1.82) is 0 Å². The highest BCUT2D eigenvalue weighted by Gasteiger charge is 2.28. The molecule has 1 aromatic carbocycles. The summed E-state index contributed by atoms with van der Waals surface area (Å²) in [6, 6.07) is 5.87. The summed E-state index contributed by atoms with van der Waals surface area (Å²) in [6.07, 6.45) is -0.952. The van der Waals surface area contributed by atoms with E-state index < -0.39 is 11.5 Å². The Balaban J connectivity index is 2.72. The molecule has 0 amide bonds. The fourth-order valence-electron chi connectivity index (χ4n) is 1.43. The quantitative estimate of drug-likeness (QED) is 0.855. The molecule has 3 heteroatoms. The van der Waals surface area contributed by atoms with Crippen molar-refractivity contribution in [2.45, 2.75) is 33.3 Å². The first kappa shape index (κ1) is 12.8. The molecule has 1 aromatic rings. The summed E-state index contributed by atoms with van der Waals surface area (Å²) in [5.74, 6) is -0.645. The minimum Gasteiger partial charge on any atom is -0.385 e. The maximum atomic E-state index is 12.9. The van der Waals surface area contributed by atoms with Crippen molar-refractivity contribution in [2.24, 2.45) is 5.41 Å². The van der Waals surface area contributed by atoms with Crippen LogP contribution in [0.2, 0.25) is 0 Å². The molecule has 16 heavy (non-hydrogen) atoms. The topological polar surface area (TPSA) is 37.3 Å². The van der Waals surface area contributed by atoms with Gasteiger partial charge in [-0.05, 0) is 23.1 Å². The Bertz CT molecular complexity index is 380. The van der Waals surface area contributed by atoms with Gasteiger partial charge in [0.15, 0.2) is 5.78 Å². The third kappa shape index (κ3) is 3.42. The SMILES string of the molecule is CC(C)(C)C(O)C(=O)Cc1cccc(F)c1. The Kier molecular flexibility index (Phi) is 3.81. The normalized spacial score (nSPS) is 13.6. The van der Waals surface area contributed by atoms with Crippen LogP contribution in [-0.2, 0) is 11.2 Å². The second kappa shape index (κ2) is 4.74. The van der Waals surface area contributed by atoms with Gasteiger partial charge >= 0.3 is 0 Å². The molecule has 2 nitrogen and oxygen atoms in total. The molecule has 1 rings (SSSR count). The number of Topliss-reactive ketones (excluding diaryl/α,β-unsaturated/α-hetero) is 1. The maximum Gasteiger partial charge on any atom is 0.166 e. The first-order chi connectivity index (χ1) is 7.30. The average Bonchev–Trinajstić information content (AvgIpc) is 2.15. The molecule has 88 valence electrons.